The van der Waals surface area contributed by atoms with Gasteiger partial charge in [0.15, 0.2) is 0 Å². The van der Waals surface area contributed by atoms with Gasteiger partial charge in [-0.2, -0.15) is 0 Å². The molecule has 0 atom stereocenters. The molecule has 0 saturated heterocycles. The maximum Gasteiger partial charge on any atom is 0.335 e. The van der Waals surface area contributed by atoms with Crippen molar-refractivity contribution in [3.63, 3.8) is 0 Å². The zero-order chi connectivity index (χ0) is 13.0. The molecule has 0 amide bonds. The Bertz CT molecular complexity index is 546. The number of phenols is 1. The van der Waals surface area contributed by atoms with Crippen LogP contribution in [0.25, 0.3) is 0 Å². The van der Waals surface area contributed by atoms with Gasteiger partial charge in [-0.1, -0.05) is 12.1 Å². The molecule has 18 heavy (non-hydrogen) atoms. The second kappa shape index (κ2) is 5.23. The lowest BCUT2D eigenvalue weighted by Gasteiger charge is -2.06. The summed E-state index contributed by atoms with van der Waals surface area (Å²) in [5, 5.41) is 18.0. The standard InChI is InChI=1S/C14H12O4/c15-12-3-1-2-10(8-12)9-18-13-6-4-11(5-7-13)14(16)17/h1-8,15H,9H2,(H,16,17). The molecule has 0 aliphatic carbocycles. The fraction of sp³-hybridized carbons (Fsp3) is 0.0714. The molecule has 2 rings (SSSR count). The molecule has 2 aromatic rings. The van der Waals surface area contributed by atoms with Crippen LogP contribution in [0.5, 0.6) is 11.5 Å². The van der Waals surface area contributed by atoms with Gasteiger partial charge in [-0.05, 0) is 42.0 Å². The molecule has 0 radical (unpaired) electrons. The van der Waals surface area contributed by atoms with Gasteiger partial charge in [0, 0.05) is 0 Å². The Morgan fingerprint density at radius 3 is 2.44 bits per heavy atom. The zero-order valence-electron chi connectivity index (χ0n) is 9.54. The predicted octanol–water partition coefficient (Wildman–Crippen LogP) is 2.67. The van der Waals surface area contributed by atoms with Crippen molar-refractivity contribution in [2.75, 3.05) is 0 Å². The smallest absolute Gasteiger partial charge is 0.335 e. The van der Waals surface area contributed by atoms with E-state index >= 15 is 0 Å². The lowest BCUT2D eigenvalue weighted by atomic mass is 10.2. The van der Waals surface area contributed by atoms with Gasteiger partial charge in [0.1, 0.15) is 18.1 Å². The summed E-state index contributed by atoms with van der Waals surface area (Å²) in [7, 11) is 0. The van der Waals surface area contributed by atoms with Crippen LogP contribution in [-0.4, -0.2) is 16.2 Å². The lowest BCUT2D eigenvalue weighted by molar-refractivity contribution is 0.0697. The number of phenolic OH excluding ortho intramolecular Hbond substituents is 1. The first-order chi connectivity index (χ1) is 8.65. The second-order valence-corrected chi connectivity index (χ2v) is 3.79. The van der Waals surface area contributed by atoms with Gasteiger partial charge >= 0.3 is 5.97 Å². The van der Waals surface area contributed by atoms with Crippen molar-refractivity contribution in [2.45, 2.75) is 6.61 Å². The molecule has 0 spiro atoms. The van der Waals surface area contributed by atoms with Crippen LogP contribution >= 0.6 is 0 Å². The van der Waals surface area contributed by atoms with Crippen LogP contribution in [0.4, 0.5) is 0 Å². The predicted molar refractivity (Wildman–Crippen MR) is 65.8 cm³/mol. The molecule has 0 heterocycles. The van der Waals surface area contributed by atoms with E-state index in [-0.39, 0.29) is 11.3 Å². The molecule has 4 nitrogen and oxygen atoms in total. The van der Waals surface area contributed by atoms with E-state index in [1.165, 1.54) is 12.1 Å². The summed E-state index contributed by atoms with van der Waals surface area (Å²) in [4.78, 5) is 10.7. The summed E-state index contributed by atoms with van der Waals surface area (Å²) in [6.45, 7) is 0.320. The van der Waals surface area contributed by atoms with Crippen LogP contribution < -0.4 is 4.74 Å². The van der Waals surface area contributed by atoms with Crippen molar-refractivity contribution in [1.29, 1.82) is 0 Å². The maximum absolute atomic E-state index is 10.7. The largest absolute Gasteiger partial charge is 0.508 e. The molecule has 0 unspecified atom stereocenters. The van der Waals surface area contributed by atoms with Crippen molar-refractivity contribution in [3.8, 4) is 11.5 Å². The molecule has 2 N–H and O–H groups in total. The number of ether oxygens (including phenoxy) is 1. The molecule has 0 aromatic heterocycles. The van der Waals surface area contributed by atoms with Crippen molar-refractivity contribution in [3.05, 3.63) is 59.7 Å². The first kappa shape index (κ1) is 12.0. The first-order valence-electron chi connectivity index (χ1n) is 5.39. The third-order valence-electron chi connectivity index (χ3n) is 2.42. The van der Waals surface area contributed by atoms with Gasteiger partial charge in [0.05, 0.1) is 5.56 Å². The highest BCUT2D eigenvalue weighted by Gasteiger charge is 2.02. The molecule has 0 aliphatic heterocycles. The molecular formula is C14H12O4. The van der Waals surface area contributed by atoms with E-state index in [1.54, 1.807) is 30.3 Å². The summed E-state index contributed by atoms with van der Waals surface area (Å²) in [6.07, 6.45) is 0. The highest BCUT2D eigenvalue weighted by molar-refractivity contribution is 5.87. The SMILES string of the molecule is O=C(O)c1ccc(OCc2cccc(O)c2)cc1. The number of benzene rings is 2. The minimum atomic E-state index is -0.963. The summed E-state index contributed by atoms with van der Waals surface area (Å²) < 4.78 is 5.48. The number of hydrogen-bond donors (Lipinski definition) is 2. The number of hydrogen-bond acceptors (Lipinski definition) is 3. The lowest BCUT2D eigenvalue weighted by Crippen LogP contribution is -1.97. The molecule has 0 bridgehead atoms. The van der Waals surface area contributed by atoms with Gasteiger partial charge in [0.25, 0.3) is 0 Å². The normalized spacial score (nSPS) is 10.0. The summed E-state index contributed by atoms with van der Waals surface area (Å²) in [5.41, 5.74) is 1.07. The van der Waals surface area contributed by atoms with E-state index in [0.29, 0.717) is 12.4 Å². The second-order valence-electron chi connectivity index (χ2n) is 3.79. The van der Waals surface area contributed by atoms with E-state index in [9.17, 15) is 9.90 Å². The number of carboxylic acids is 1. The number of aromatic hydroxyl groups is 1. The van der Waals surface area contributed by atoms with E-state index in [0.717, 1.165) is 5.56 Å². The summed E-state index contributed by atoms with van der Waals surface area (Å²) in [6, 6.07) is 13.0. The molecule has 2 aromatic carbocycles. The Morgan fingerprint density at radius 2 is 1.83 bits per heavy atom. The number of aromatic carboxylic acids is 1. The van der Waals surface area contributed by atoms with Crippen molar-refractivity contribution < 1.29 is 19.7 Å². The van der Waals surface area contributed by atoms with Crippen LogP contribution in [0.1, 0.15) is 15.9 Å². The highest BCUT2D eigenvalue weighted by atomic mass is 16.5. The van der Waals surface area contributed by atoms with Crippen molar-refractivity contribution >= 4 is 5.97 Å². The van der Waals surface area contributed by atoms with Crippen LogP contribution in [0, 0.1) is 0 Å². The fourth-order valence-corrected chi connectivity index (χ4v) is 1.51. The van der Waals surface area contributed by atoms with E-state index in [4.69, 9.17) is 9.84 Å². The van der Waals surface area contributed by atoms with Gasteiger partial charge < -0.3 is 14.9 Å². The summed E-state index contributed by atoms with van der Waals surface area (Å²) in [5.74, 6) is -0.185. The topological polar surface area (TPSA) is 66.8 Å². The molecule has 0 aliphatic rings. The Labute approximate surface area is 104 Å². The van der Waals surface area contributed by atoms with Crippen molar-refractivity contribution in [1.82, 2.24) is 0 Å². The van der Waals surface area contributed by atoms with Gasteiger partial charge in [-0.15, -0.1) is 0 Å². The number of carbonyl (C=O) groups is 1. The highest BCUT2D eigenvalue weighted by Crippen LogP contribution is 2.16. The van der Waals surface area contributed by atoms with Crippen LogP contribution in [0.15, 0.2) is 48.5 Å². The van der Waals surface area contributed by atoms with Crippen LogP contribution in [-0.2, 0) is 6.61 Å². The average Bonchev–Trinajstić information content (AvgIpc) is 2.37. The van der Waals surface area contributed by atoms with Crippen LogP contribution in [0.3, 0.4) is 0 Å². The van der Waals surface area contributed by atoms with Crippen molar-refractivity contribution in [2.24, 2.45) is 0 Å². The molecule has 0 fully saturated rings. The number of carboxylic acid groups (broad SMARTS) is 1. The molecular weight excluding hydrogens is 232 g/mol. The van der Waals surface area contributed by atoms with E-state index in [2.05, 4.69) is 0 Å². The maximum atomic E-state index is 10.7. The Morgan fingerprint density at radius 1 is 1.11 bits per heavy atom. The Kier molecular flexibility index (Phi) is 3.48. The fourth-order valence-electron chi connectivity index (χ4n) is 1.51. The average molecular weight is 244 g/mol. The van der Waals surface area contributed by atoms with Gasteiger partial charge in [-0.3, -0.25) is 0 Å². The molecule has 4 heteroatoms. The minimum absolute atomic E-state index is 0.192. The van der Waals surface area contributed by atoms with Crippen LogP contribution in [0.2, 0.25) is 0 Å². The first-order valence-corrected chi connectivity index (χ1v) is 5.39. The Hall–Kier alpha value is -2.49. The third kappa shape index (κ3) is 3.01. The zero-order valence-corrected chi connectivity index (χ0v) is 9.54. The van der Waals surface area contributed by atoms with Gasteiger partial charge in [-0.25, -0.2) is 4.79 Å². The molecule has 92 valence electrons. The Balaban J connectivity index is 2.00. The number of rotatable bonds is 4. The monoisotopic (exact) mass is 244 g/mol. The summed E-state index contributed by atoms with van der Waals surface area (Å²) >= 11 is 0. The minimum Gasteiger partial charge on any atom is -0.508 e. The van der Waals surface area contributed by atoms with E-state index < -0.39 is 5.97 Å². The van der Waals surface area contributed by atoms with Gasteiger partial charge in [0.2, 0.25) is 0 Å². The quantitative estimate of drug-likeness (QED) is 0.867. The molecule has 0 saturated carbocycles. The van der Waals surface area contributed by atoms with E-state index in [1.807, 2.05) is 6.07 Å². The third-order valence-corrected chi connectivity index (χ3v) is 2.42.